The van der Waals surface area contributed by atoms with E-state index in [4.69, 9.17) is 10.2 Å². The van der Waals surface area contributed by atoms with Crippen LogP contribution in [0.25, 0.3) is 11.3 Å². The Hall–Kier alpha value is -2.57. The lowest BCUT2D eigenvalue weighted by molar-refractivity contribution is 0.355. The van der Waals surface area contributed by atoms with Gasteiger partial charge in [-0.3, -0.25) is 0 Å². The summed E-state index contributed by atoms with van der Waals surface area (Å²) >= 11 is 0. The molecule has 1 aromatic heterocycles. The van der Waals surface area contributed by atoms with Crippen molar-refractivity contribution in [3.05, 3.63) is 71.7 Å². The summed E-state index contributed by atoms with van der Waals surface area (Å²) in [6.45, 7) is 4.43. The second kappa shape index (κ2) is 9.08. The van der Waals surface area contributed by atoms with Crippen LogP contribution in [-0.4, -0.2) is 34.6 Å². The minimum absolute atomic E-state index is 0.232. The molecule has 0 unspecified atom stereocenters. The highest BCUT2D eigenvalue weighted by Crippen LogP contribution is 2.20. The van der Waals surface area contributed by atoms with Crippen molar-refractivity contribution < 1.29 is 4.39 Å². The van der Waals surface area contributed by atoms with Crippen molar-refractivity contribution in [3.8, 4) is 11.3 Å². The van der Waals surface area contributed by atoms with Crippen molar-refractivity contribution in [1.29, 1.82) is 0 Å². The number of nitrogens with one attached hydrogen (secondary N) is 2. The van der Waals surface area contributed by atoms with E-state index in [0.29, 0.717) is 13.1 Å². The van der Waals surface area contributed by atoms with Crippen LogP contribution in [0, 0.1) is 11.7 Å². The van der Waals surface area contributed by atoms with Gasteiger partial charge in [-0.1, -0.05) is 42.5 Å². The van der Waals surface area contributed by atoms with Crippen LogP contribution in [0.15, 0.2) is 54.6 Å². The molecule has 1 aliphatic heterocycles. The minimum Gasteiger partial charge on any atom is -0.317 e. The number of aromatic nitrogens is 3. The average Bonchev–Trinajstić information content (AvgIpc) is 3.14. The molecular formula is C22H26FN5. The fourth-order valence-corrected chi connectivity index (χ4v) is 3.63. The number of hydrogen-bond donors (Lipinski definition) is 2. The van der Waals surface area contributed by atoms with Gasteiger partial charge in [-0.15, -0.1) is 0 Å². The standard InChI is InChI=1S/C22H26FN5/c23-20-8-6-18(7-9-20)16-28-26-21(15-25-14-17-10-12-24-13-11-17)22(27-28)19-4-2-1-3-5-19/h1-9,17,24-25H,10-16H2. The first kappa shape index (κ1) is 18.8. The number of nitrogens with zero attached hydrogens (tertiary/aromatic N) is 3. The lowest BCUT2D eigenvalue weighted by atomic mass is 9.98. The molecule has 0 atom stereocenters. The van der Waals surface area contributed by atoms with Gasteiger partial charge in [-0.05, 0) is 56.1 Å². The summed E-state index contributed by atoms with van der Waals surface area (Å²) in [7, 11) is 0. The maximum absolute atomic E-state index is 13.2. The molecule has 1 saturated heterocycles. The van der Waals surface area contributed by atoms with Gasteiger partial charge in [0.05, 0.1) is 6.54 Å². The van der Waals surface area contributed by atoms with Crippen molar-refractivity contribution >= 4 is 0 Å². The van der Waals surface area contributed by atoms with E-state index in [-0.39, 0.29) is 5.82 Å². The molecule has 6 heteroatoms. The third-order valence-electron chi connectivity index (χ3n) is 5.19. The first-order valence-corrected chi connectivity index (χ1v) is 9.93. The fourth-order valence-electron chi connectivity index (χ4n) is 3.63. The number of piperidine rings is 1. The Balaban J connectivity index is 1.49. The Morgan fingerprint density at radius 1 is 1.00 bits per heavy atom. The molecule has 28 heavy (non-hydrogen) atoms. The molecule has 2 aromatic carbocycles. The lowest BCUT2D eigenvalue weighted by Crippen LogP contribution is -2.33. The summed E-state index contributed by atoms with van der Waals surface area (Å²) in [5.41, 5.74) is 3.89. The molecule has 0 spiro atoms. The molecular weight excluding hydrogens is 353 g/mol. The van der Waals surface area contributed by atoms with Crippen molar-refractivity contribution in [3.63, 3.8) is 0 Å². The van der Waals surface area contributed by atoms with E-state index < -0.39 is 0 Å². The molecule has 0 bridgehead atoms. The predicted molar refractivity (Wildman–Crippen MR) is 108 cm³/mol. The largest absolute Gasteiger partial charge is 0.317 e. The van der Waals surface area contributed by atoms with E-state index in [2.05, 4.69) is 22.8 Å². The summed E-state index contributed by atoms with van der Waals surface area (Å²) in [5, 5.41) is 16.4. The lowest BCUT2D eigenvalue weighted by Gasteiger charge is -2.22. The van der Waals surface area contributed by atoms with Gasteiger partial charge in [0, 0.05) is 12.1 Å². The molecule has 2 heterocycles. The first-order valence-electron chi connectivity index (χ1n) is 9.93. The maximum atomic E-state index is 13.2. The Morgan fingerprint density at radius 2 is 1.75 bits per heavy atom. The van der Waals surface area contributed by atoms with Gasteiger partial charge in [0.2, 0.25) is 0 Å². The third kappa shape index (κ3) is 4.82. The van der Waals surface area contributed by atoms with E-state index >= 15 is 0 Å². The highest BCUT2D eigenvalue weighted by Gasteiger charge is 2.16. The molecule has 1 aliphatic rings. The van der Waals surface area contributed by atoms with Crippen molar-refractivity contribution in [2.75, 3.05) is 19.6 Å². The van der Waals surface area contributed by atoms with E-state index in [9.17, 15) is 4.39 Å². The zero-order chi connectivity index (χ0) is 19.2. The molecule has 2 N–H and O–H groups in total. The topological polar surface area (TPSA) is 54.8 Å². The zero-order valence-corrected chi connectivity index (χ0v) is 15.9. The van der Waals surface area contributed by atoms with Gasteiger partial charge in [-0.2, -0.15) is 15.0 Å². The molecule has 3 aromatic rings. The van der Waals surface area contributed by atoms with Gasteiger partial charge in [0.15, 0.2) is 0 Å². The highest BCUT2D eigenvalue weighted by molar-refractivity contribution is 5.60. The third-order valence-corrected chi connectivity index (χ3v) is 5.19. The van der Waals surface area contributed by atoms with E-state index in [1.807, 2.05) is 18.2 Å². The minimum atomic E-state index is -0.232. The van der Waals surface area contributed by atoms with Crippen LogP contribution in [0.4, 0.5) is 4.39 Å². The smallest absolute Gasteiger partial charge is 0.123 e. The second-order valence-electron chi connectivity index (χ2n) is 7.34. The molecule has 5 nitrogen and oxygen atoms in total. The Bertz CT molecular complexity index is 870. The van der Waals surface area contributed by atoms with E-state index in [1.165, 1.54) is 25.0 Å². The van der Waals surface area contributed by atoms with Gasteiger partial charge in [0.25, 0.3) is 0 Å². The monoisotopic (exact) mass is 379 g/mol. The van der Waals surface area contributed by atoms with Crippen LogP contribution < -0.4 is 10.6 Å². The first-order chi connectivity index (χ1) is 13.8. The van der Waals surface area contributed by atoms with Crippen LogP contribution >= 0.6 is 0 Å². The normalized spacial score (nSPS) is 15.0. The predicted octanol–water partition coefficient (Wildman–Crippen LogP) is 3.22. The number of benzene rings is 2. The fraction of sp³-hybridized carbons (Fsp3) is 0.364. The van der Waals surface area contributed by atoms with Crippen molar-refractivity contribution in [2.24, 2.45) is 5.92 Å². The van der Waals surface area contributed by atoms with E-state index in [0.717, 1.165) is 48.1 Å². The molecule has 0 saturated carbocycles. The molecule has 0 aliphatic carbocycles. The van der Waals surface area contributed by atoms with E-state index in [1.54, 1.807) is 16.9 Å². The molecule has 146 valence electrons. The number of hydrogen-bond acceptors (Lipinski definition) is 4. The SMILES string of the molecule is Fc1ccc(Cn2nc(CNCC3CCNCC3)c(-c3ccccc3)n2)cc1. The van der Waals surface area contributed by atoms with Gasteiger partial charge >= 0.3 is 0 Å². The quantitative estimate of drug-likeness (QED) is 0.662. The summed E-state index contributed by atoms with van der Waals surface area (Å²) in [6.07, 6.45) is 2.44. The Kier molecular flexibility index (Phi) is 6.09. The van der Waals surface area contributed by atoms with Crippen LogP contribution in [0.2, 0.25) is 0 Å². The zero-order valence-electron chi connectivity index (χ0n) is 15.9. The Morgan fingerprint density at radius 3 is 2.50 bits per heavy atom. The highest BCUT2D eigenvalue weighted by atomic mass is 19.1. The number of rotatable bonds is 7. The summed E-state index contributed by atoms with van der Waals surface area (Å²) in [6, 6.07) is 16.6. The Labute approximate surface area is 165 Å². The molecule has 4 rings (SSSR count). The average molecular weight is 379 g/mol. The van der Waals surface area contributed by atoms with Crippen LogP contribution in [0.1, 0.15) is 24.1 Å². The van der Waals surface area contributed by atoms with Gasteiger partial charge in [0.1, 0.15) is 17.2 Å². The molecule has 0 amide bonds. The summed E-state index contributed by atoms with van der Waals surface area (Å²) in [5.74, 6) is 0.487. The molecule has 1 fully saturated rings. The second-order valence-corrected chi connectivity index (χ2v) is 7.34. The number of halogens is 1. The summed E-state index contributed by atoms with van der Waals surface area (Å²) in [4.78, 5) is 1.71. The summed E-state index contributed by atoms with van der Waals surface area (Å²) < 4.78 is 13.2. The van der Waals surface area contributed by atoms with Crippen molar-refractivity contribution in [2.45, 2.75) is 25.9 Å². The van der Waals surface area contributed by atoms with Crippen LogP contribution in [-0.2, 0) is 13.1 Å². The molecule has 0 radical (unpaired) electrons. The van der Waals surface area contributed by atoms with Gasteiger partial charge < -0.3 is 10.6 Å². The maximum Gasteiger partial charge on any atom is 0.123 e. The van der Waals surface area contributed by atoms with Crippen LogP contribution in [0.5, 0.6) is 0 Å². The van der Waals surface area contributed by atoms with Crippen LogP contribution in [0.3, 0.4) is 0 Å². The van der Waals surface area contributed by atoms with Gasteiger partial charge in [-0.25, -0.2) is 4.39 Å². The van der Waals surface area contributed by atoms with Crippen molar-refractivity contribution in [1.82, 2.24) is 25.6 Å².